The average molecular weight is 965 g/mol. The largest absolute Gasteiger partial charge is 0.460 e. The zero-order valence-electron chi connectivity index (χ0n) is 39.4. The maximum absolute atomic E-state index is 11.9. The van der Waals surface area contributed by atoms with Gasteiger partial charge in [-0.25, -0.2) is 24.0 Å². The number of carbonyl (C=O) groups is 5. The van der Waals surface area contributed by atoms with Crippen LogP contribution in [0, 0.1) is 10.8 Å². The fraction of sp³-hybridized carbons (Fsp3) is 0.667. The summed E-state index contributed by atoms with van der Waals surface area (Å²) in [4.78, 5) is 59.4. The second kappa shape index (κ2) is 33.9. The first-order valence-electron chi connectivity index (χ1n) is 21.0. The standard InChI is InChI=1S/C45H72O22/c1-29(2)39(52)63-16-34(47)11-57-22-44(21-46,23-58-12-35(48)17-64-40(53)30(3)4)24-62-28-45(25-59-13-36(49)18-65-41(54)31(5)6,26-60-14-37(50)19-66-42(55)32(7)8)27-61-15-38(51)20-67-43(56)33(9)10/h34-38,46-51H,1,3,5,7,9,11-28H2,2,4,6,8,10H3. The fourth-order valence-corrected chi connectivity index (χ4v) is 4.77. The third-order valence-electron chi connectivity index (χ3n) is 8.52. The second-order valence-corrected chi connectivity index (χ2v) is 16.4. The van der Waals surface area contributed by atoms with Crippen molar-refractivity contribution in [3.63, 3.8) is 0 Å². The van der Waals surface area contributed by atoms with Gasteiger partial charge < -0.3 is 82.7 Å². The van der Waals surface area contributed by atoms with Gasteiger partial charge in [0.1, 0.15) is 63.6 Å². The van der Waals surface area contributed by atoms with Crippen molar-refractivity contribution in [2.45, 2.75) is 65.1 Å². The Morgan fingerprint density at radius 1 is 0.343 bits per heavy atom. The fourth-order valence-electron chi connectivity index (χ4n) is 4.77. The van der Waals surface area contributed by atoms with Crippen LogP contribution in [0.4, 0.5) is 0 Å². The Labute approximate surface area is 391 Å². The van der Waals surface area contributed by atoms with Gasteiger partial charge in [-0.1, -0.05) is 32.9 Å². The van der Waals surface area contributed by atoms with Crippen molar-refractivity contribution >= 4 is 29.8 Å². The number of ether oxygens (including phenoxy) is 11. The summed E-state index contributed by atoms with van der Waals surface area (Å²) < 4.78 is 60.2. The Balaban J connectivity index is 6.61. The van der Waals surface area contributed by atoms with Crippen molar-refractivity contribution in [3.05, 3.63) is 60.8 Å². The van der Waals surface area contributed by atoms with Gasteiger partial charge in [0.25, 0.3) is 0 Å². The zero-order valence-corrected chi connectivity index (χ0v) is 39.4. The lowest BCUT2D eigenvalue weighted by molar-refractivity contribution is -0.159. The molecule has 0 bridgehead atoms. The molecule has 22 heteroatoms. The highest BCUT2D eigenvalue weighted by atomic mass is 16.6. The molecule has 5 unspecified atom stereocenters. The highest BCUT2D eigenvalue weighted by molar-refractivity contribution is 5.88. The van der Waals surface area contributed by atoms with Crippen molar-refractivity contribution in [2.24, 2.45) is 10.8 Å². The van der Waals surface area contributed by atoms with Crippen LogP contribution in [0.2, 0.25) is 0 Å². The topological polar surface area (TPSA) is 308 Å². The quantitative estimate of drug-likeness (QED) is 0.0255. The van der Waals surface area contributed by atoms with Gasteiger partial charge in [-0.05, 0) is 34.6 Å². The van der Waals surface area contributed by atoms with Crippen LogP contribution < -0.4 is 0 Å². The molecule has 0 aliphatic carbocycles. The van der Waals surface area contributed by atoms with Crippen molar-refractivity contribution in [1.82, 2.24) is 0 Å². The Kier molecular flexibility index (Phi) is 31.7. The molecule has 0 aliphatic rings. The molecule has 0 aromatic rings. The molecular formula is C45H72O22. The van der Waals surface area contributed by atoms with Crippen LogP contribution in [0.5, 0.6) is 0 Å². The summed E-state index contributed by atoms with van der Waals surface area (Å²) in [6.45, 7) is 17.1. The Bertz CT molecular complexity index is 1460. The van der Waals surface area contributed by atoms with E-state index in [9.17, 15) is 54.6 Å². The maximum atomic E-state index is 11.9. The third-order valence-corrected chi connectivity index (χ3v) is 8.52. The molecule has 5 atom stereocenters. The maximum Gasteiger partial charge on any atom is 0.333 e. The summed E-state index contributed by atoms with van der Waals surface area (Å²) in [5.41, 5.74) is -2.35. The van der Waals surface area contributed by atoms with Gasteiger partial charge >= 0.3 is 29.8 Å². The van der Waals surface area contributed by atoms with Gasteiger partial charge in [-0.15, -0.1) is 0 Å². The molecule has 0 rings (SSSR count). The lowest BCUT2D eigenvalue weighted by Gasteiger charge is -2.36. The van der Waals surface area contributed by atoms with Crippen molar-refractivity contribution in [1.29, 1.82) is 0 Å². The third kappa shape index (κ3) is 29.2. The van der Waals surface area contributed by atoms with E-state index < -0.39 is 131 Å². The predicted octanol–water partition coefficient (Wildman–Crippen LogP) is -0.548. The van der Waals surface area contributed by atoms with Crippen LogP contribution in [-0.2, 0) is 76.1 Å². The SMILES string of the molecule is C=C(C)C(=O)OCC(O)COCC(CO)(COCC(O)COC(=O)C(=C)C)COCC(COCC(O)COC(=O)C(=C)C)(COCC(O)COC(=O)C(=C)C)COCC(O)COC(=O)C(=C)C. The first-order chi connectivity index (χ1) is 31.4. The van der Waals surface area contributed by atoms with Crippen LogP contribution >= 0.6 is 0 Å². The van der Waals surface area contributed by atoms with E-state index in [-0.39, 0.29) is 87.3 Å². The van der Waals surface area contributed by atoms with E-state index in [4.69, 9.17) is 52.1 Å². The van der Waals surface area contributed by atoms with Crippen molar-refractivity contribution in [2.75, 3.05) is 119 Å². The molecule has 6 N–H and O–H groups in total. The molecular weight excluding hydrogens is 892 g/mol. The number of rotatable bonds is 40. The minimum atomic E-state index is -1.45. The number of esters is 5. The van der Waals surface area contributed by atoms with Gasteiger partial charge in [0.2, 0.25) is 0 Å². The summed E-state index contributed by atoms with van der Waals surface area (Å²) >= 11 is 0. The number of aliphatic hydroxyl groups is 6. The smallest absolute Gasteiger partial charge is 0.333 e. The molecule has 0 radical (unpaired) electrons. The van der Waals surface area contributed by atoms with Gasteiger partial charge in [-0.3, -0.25) is 0 Å². The van der Waals surface area contributed by atoms with Crippen LogP contribution in [0.15, 0.2) is 60.8 Å². The molecule has 67 heavy (non-hydrogen) atoms. The molecule has 0 fully saturated rings. The molecule has 0 saturated carbocycles. The Hall–Kier alpha value is -4.43. The first kappa shape index (κ1) is 62.6. The van der Waals surface area contributed by atoms with E-state index in [0.29, 0.717) is 0 Å². The number of aliphatic hydroxyl groups excluding tert-OH is 6. The van der Waals surface area contributed by atoms with Gasteiger partial charge in [0, 0.05) is 27.9 Å². The van der Waals surface area contributed by atoms with Crippen LogP contribution in [0.1, 0.15) is 34.6 Å². The number of carbonyl (C=O) groups excluding carboxylic acids is 5. The predicted molar refractivity (Wildman–Crippen MR) is 236 cm³/mol. The lowest BCUT2D eigenvalue weighted by atomic mass is 9.90. The molecule has 0 aromatic carbocycles. The van der Waals surface area contributed by atoms with Crippen LogP contribution in [-0.4, -0.2) is 210 Å². The van der Waals surface area contributed by atoms with E-state index in [1.54, 1.807) is 0 Å². The molecule has 0 amide bonds. The highest BCUT2D eigenvalue weighted by Crippen LogP contribution is 2.25. The Morgan fingerprint density at radius 2 is 0.522 bits per heavy atom. The summed E-state index contributed by atoms with van der Waals surface area (Å²) in [5, 5.41) is 63.3. The molecule has 0 saturated heterocycles. The number of hydrogen-bond acceptors (Lipinski definition) is 22. The van der Waals surface area contributed by atoms with Crippen molar-refractivity contribution in [3.8, 4) is 0 Å². The van der Waals surface area contributed by atoms with E-state index in [1.807, 2.05) is 0 Å². The molecule has 0 aliphatic heterocycles. The summed E-state index contributed by atoms with van der Waals surface area (Å²) in [6.07, 6.45) is -6.58. The zero-order chi connectivity index (χ0) is 51.2. The molecule has 22 nitrogen and oxygen atoms in total. The summed E-state index contributed by atoms with van der Waals surface area (Å²) in [7, 11) is 0. The molecule has 0 heterocycles. The molecule has 0 aromatic heterocycles. The minimum Gasteiger partial charge on any atom is -0.460 e. The minimum absolute atomic E-state index is 0.0991. The van der Waals surface area contributed by atoms with Gasteiger partial charge in [0.15, 0.2) is 0 Å². The Morgan fingerprint density at radius 3 is 0.716 bits per heavy atom. The molecule has 384 valence electrons. The van der Waals surface area contributed by atoms with E-state index in [0.717, 1.165) is 0 Å². The van der Waals surface area contributed by atoms with E-state index in [2.05, 4.69) is 32.9 Å². The van der Waals surface area contributed by atoms with Crippen molar-refractivity contribution < 1.29 is 107 Å². The van der Waals surface area contributed by atoms with Crippen LogP contribution in [0.3, 0.4) is 0 Å². The van der Waals surface area contributed by atoms with Crippen LogP contribution in [0.25, 0.3) is 0 Å². The van der Waals surface area contributed by atoms with Gasteiger partial charge in [0.05, 0.1) is 96.7 Å². The van der Waals surface area contributed by atoms with Gasteiger partial charge in [-0.2, -0.15) is 0 Å². The second-order valence-electron chi connectivity index (χ2n) is 16.4. The summed E-state index contributed by atoms with van der Waals surface area (Å²) in [5.74, 6) is -3.71. The highest BCUT2D eigenvalue weighted by Gasteiger charge is 2.37. The first-order valence-corrected chi connectivity index (χ1v) is 21.0. The van der Waals surface area contributed by atoms with E-state index >= 15 is 0 Å². The average Bonchev–Trinajstić information content (AvgIpc) is 3.26. The number of hydrogen-bond donors (Lipinski definition) is 6. The normalized spacial score (nSPS) is 15.3. The lowest BCUT2D eigenvalue weighted by Crippen LogP contribution is -2.47. The molecule has 0 spiro atoms. The van der Waals surface area contributed by atoms with E-state index in [1.165, 1.54) is 34.6 Å². The summed E-state index contributed by atoms with van der Waals surface area (Å²) in [6, 6.07) is 0. The monoisotopic (exact) mass is 964 g/mol.